The molecule has 1 aliphatic rings. The summed E-state index contributed by atoms with van der Waals surface area (Å²) >= 11 is 5.18. The van der Waals surface area contributed by atoms with E-state index in [4.69, 9.17) is 29.6 Å². The van der Waals surface area contributed by atoms with Gasteiger partial charge in [-0.3, -0.25) is 9.78 Å². The summed E-state index contributed by atoms with van der Waals surface area (Å²) in [5.74, 6) is -0.158. The Morgan fingerprint density at radius 2 is 2.10 bits per heavy atom. The number of nitrogens with zero attached hydrogens (tertiary/aromatic N) is 8. The van der Waals surface area contributed by atoms with Crippen molar-refractivity contribution in [2.24, 2.45) is 5.92 Å². The summed E-state index contributed by atoms with van der Waals surface area (Å²) in [6.07, 6.45) is -0.202. The summed E-state index contributed by atoms with van der Waals surface area (Å²) in [6.45, 7) is 0.316. The molecule has 0 spiro atoms. The fourth-order valence-corrected chi connectivity index (χ4v) is 6.92. The first-order chi connectivity index (χ1) is 20.2. The molecule has 228 valence electrons. The number of nitrogen functional groups attached to an aromatic ring is 2. The SMILES string of the molecule is CO[C@H](COP)[C@@H](COC(O)CC1S[C@@H](n2nnc3c(=O)[nH]c(N)nc32)[C@H](OS)[C@@H]1O)Cc1cnc2c(N)ncnn12. The van der Waals surface area contributed by atoms with Gasteiger partial charge < -0.3 is 39.9 Å². The first-order valence-corrected chi connectivity index (χ1v) is 14.3. The Morgan fingerprint density at radius 1 is 1.29 bits per heavy atom. The molecule has 1 saturated heterocycles. The van der Waals surface area contributed by atoms with Gasteiger partial charge in [0.05, 0.1) is 37.3 Å². The summed E-state index contributed by atoms with van der Waals surface area (Å²) in [7, 11) is 3.75. The number of thiol groups is 1. The highest BCUT2D eigenvalue weighted by atomic mass is 32.2. The van der Waals surface area contributed by atoms with Crippen molar-refractivity contribution in [3.63, 3.8) is 0 Å². The number of aromatic amines is 1. The molecule has 42 heavy (non-hydrogen) atoms. The average molecular weight is 644 g/mol. The number of hydrogen-bond acceptors (Lipinski definition) is 17. The summed E-state index contributed by atoms with van der Waals surface area (Å²) in [4.78, 5) is 26.9. The van der Waals surface area contributed by atoms with Gasteiger partial charge >= 0.3 is 0 Å². The highest BCUT2D eigenvalue weighted by Gasteiger charge is 2.47. The van der Waals surface area contributed by atoms with Crippen molar-refractivity contribution in [1.29, 1.82) is 0 Å². The van der Waals surface area contributed by atoms with E-state index in [9.17, 15) is 15.0 Å². The van der Waals surface area contributed by atoms with Crippen LogP contribution in [-0.4, -0.2) is 105 Å². The predicted octanol–water partition coefficient (Wildman–Crippen LogP) is -1.27. The van der Waals surface area contributed by atoms with E-state index in [1.807, 2.05) is 0 Å². The second kappa shape index (κ2) is 13.3. The third-order valence-corrected chi connectivity index (χ3v) is 8.93. The number of nitrogens with one attached hydrogen (secondary N) is 1. The molecule has 0 aromatic carbocycles. The normalized spacial score (nSPS) is 23.1. The van der Waals surface area contributed by atoms with Crippen LogP contribution in [0.1, 0.15) is 17.5 Å². The quantitative estimate of drug-likeness (QED) is 0.0430. The number of anilines is 2. The first kappa shape index (κ1) is 30.8. The fraction of sp³-hybridized carbons (Fsp3) is 0.571. The molecule has 18 nitrogen and oxygen atoms in total. The van der Waals surface area contributed by atoms with Gasteiger partial charge in [0.2, 0.25) is 5.95 Å². The minimum atomic E-state index is -1.27. The zero-order valence-electron chi connectivity index (χ0n) is 22.1. The Balaban J connectivity index is 1.28. The van der Waals surface area contributed by atoms with Gasteiger partial charge in [0.1, 0.15) is 17.8 Å². The average Bonchev–Trinajstić information content (AvgIpc) is 3.66. The maximum Gasteiger partial charge on any atom is 0.282 e. The van der Waals surface area contributed by atoms with Crippen LogP contribution in [0.2, 0.25) is 0 Å². The Labute approximate surface area is 249 Å². The molecule has 0 saturated carbocycles. The number of rotatable bonds is 13. The van der Waals surface area contributed by atoms with Crippen molar-refractivity contribution in [1.82, 2.24) is 44.5 Å². The molecule has 4 aromatic rings. The number of H-pyrrole nitrogens is 1. The van der Waals surface area contributed by atoms with E-state index >= 15 is 0 Å². The van der Waals surface area contributed by atoms with Gasteiger partial charge in [-0.1, -0.05) is 5.21 Å². The number of aromatic nitrogens is 9. The number of nitrogens with two attached hydrogens (primary N) is 2. The van der Waals surface area contributed by atoms with Gasteiger partial charge in [0.15, 0.2) is 28.9 Å². The van der Waals surface area contributed by atoms with Crippen molar-refractivity contribution in [2.75, 3.05) is 31.8 Å². The number of fused-ring (bicyclic) bond motifs is 2. The van der Waals surface area contributed by atoms with Crippen LogP contribution in [0.3, 0.4) is 0 Å². The van der Waals surface area contributed by atoms with Crippen LogP contribution in [-0.2, 0) is 24.6 Å². The molecule has 5 heterocycles. The maximum absolute atomic E-state index is 12.2. The molecule has 5 rings (SSSR count). The minimum absolute atomic E-state index is 0.0164. The lowest BCUT2D eigenvalue weighted by molar-refractivity contribution is -0.131. The number of hydrogen-bond donors (Lipinski definition) is 6. The molecule has 21 heteroatoms. The standard InChI is InChI=1S/C21H30N11O7PS2/c1-36-10(6-38-40)8(2-9-4-24-18-16(22)25-7-26-31(9)18)5-37-12(33)3-11-14(34)15(39-41)20(42-11)32-17-13(29-30-32)19(35)28-21(23)27-17/h4,7-8,10-12,14-15,20,33-34,41H,2-3,5-6,40H2,1H3,(H2,22,25,26)(H3,23,27,28,35)/t8-,10-,11?,12?,14-,15-,20-/m1/s1. The van der Waals surface area contributed by atoms with E-state index in [0.717, 1.165) is 5.69 Å². The van der Waals surface area contributed by atoms with Crippen molar-refractivity contribution >= 4 is 62.7 Å². The largest absolute Gasteiger partial charge is 0.389 e. The van der Waals surface area contributed by atoms with Gasteiger partial charge in [0, 0.05) is 34.2 Å². The minimum Gasteiger partial charge on any atom is -0.389 e. The number of methoxy groups -OCH3 is 1. The Hall–Kier alpha value is -2.68. The Kier molecular flexibility index (Phi) is 9.75. The van der Waals surface area contributed by atoms with Crippen LogP contribution >= 0.6 is 34.1 Å². The zero-order chi connectivity index (χ0) is 30.0. The number of aliphatic hydroxyl groups excluding tert-OH is 2. The lowest BCUT2D eigenvalue weighted by Gasteiger charge is -2.27. The number of imidazole rings is 1. The van der Waals surface area contributed by atoms with E-state index < -0.39 is 40.8 Å². The molecular weight excluding hydrogens is 613 g/mol. The molecule has 4 aromatic heterocycles. The maximum atomic E-state index is 12.2. The van der Waals surface area contributed by atoms with Gasteiger partial charge in [0.25, 0.3) is 5.56 Å². The summed E-state index contributed by atoms with van der Waals surface area (Å²) in [5, 5.41) is 32.8. The zero-order valence-corrected chi connectivity index (χ0v) is 25.0. The van der Waals surface area contributed by atoms with Crippen LogP contribution in [0.25, 0.3) is 16.8 Å². The second-order valence-electron chi connectivity index (χ2n) is 9.51. The molecule has 0 radical (unpaired) electrons. The molecule has 8 atom stereocenters. The van der Waals surface area contributed by atoms with Gasteiger partial charge in [-0.2, -0.15) is 10.1 Å². The van der Waals surface area contributed by atoms with Crippen molar-refractivity contribution < 1.29 is 28.4 Å². The van der Waals surface area contributed by atoms with Crippen LogP contribution < -0.4 is 17.0 Å². The first-order valence-electron chi connectivity index (χ1n) is 12.6. The van der Waals surface area contributed by atoms with Gasteiger partial charge in [-0.05, 0) is 19.3 Å². The lowest BCUT2D eigenvalue weighted by Crippen LogP contribution is -2.36. The summed E-state index contributed by atoms with van der Waals surface area (Å²) in [5.41, 5.74) is 12.3. The molecular formula is C21H30N11O7PS2. The Bertz CT molecular complexity index is 1570. The Morgan fingerprint density at radius 3 is 2.83 bits per heavy atom. The monoisotopic (exact) mass is 643 g/mol. The number of ether oxygens (including phenoxy) is 2. The van der Waals surface area contributed by atoms with Crippen molar-refractivity contribution in [3.05, 3.63) is 28.6 Å². The topological polar surface area (TPSA) is 249 Å². The van der Waals surface area contributed by atoms with E-state index in [1.54, 1.807) is 17.8 Å². The van der Waals surface area contributed by atoms with E-state index in [0.29, 0.717) is 12.1 Å². The molecule has 0 aliphatic carbocycles. The highest BCUT2D eigenvalue weighted by Crippen LogP contribution is 2.46. The van der Waals surface area contributed by atoms with E-state index in [1.165, 1.54) is 22.8 Å². The number of aliphatic hydroxyl groups is 2. The molecule has 3 unspecified atom stereocenters. The van der Waals surface area contributed by atoms with E-state index in [-0.39, 0.29) is 48.5 Å². The fourth-order valence-electron chi connectivity index (χ4n) is 4.83. The molecule has 7 N–H and O–H groups in total. The van der Waals surface area contributed by atoms with Gasteiger partial charge in [-0.25, -0.2) is 19.2 Å². The summed E-state index contributed by atoms with van der Waals surface area (Å²) in [6, 6.07) is 0. The predicted molar refractivity (Wildman–Crippen MR) is 156 cm³/mol. The summed E-state index contributed by atoms with van der Waals surface area (Å²) < 4.78 is 24.9. The molecule has 0 amide bonds. The van der Waals surface area contributed by atoms with Crippen LogP contribution in [0, 0.1) is 5.92 Å². The van der Waals surface area contributed by atoms with Crippen LogP contribution in [0.15, 0.2) is 17.3 Å². The third-order valence-electron chi connectivity index (χ3n) is 6.93. The van der Waals surface area contributed by atoms with Crippen LogP contribution in [0.5, 0.6) is 0 Å². The number of thioether (sulfide) groups is 1. The second-order valence-corrected chi connectivity index (χ2v) is 11.4. The molecule has 0 bridgehead atoms. The highest BCUT2D eigenvalue weighted by molar-refractivity contribution is 8.00. The van der Waals surface area contributed by atoms with Crippen molar-refractivity contribution in [3.8, 4) is 0 Å². The smallest absolute Gasteiger partial charge is 0.282 e. The lowest BCUT2D eigenvalue weighted by atomic mass is 9.98. The third kappa shape index (κ3) is 6.17. The van der Waals surface area contributed by atoms with Gasteiger partial charge in [-0.15, -0.1) is 16.9 Å². The molecule has 1 fully saturated rings. The van der Waals surface area contributed by atoms with Crippen LogP contribution in [0.4, 0.5) is 11.8 Å². The van der Waals surface area contributed by atoms with E-state index in [2.05, 4.69) is 57.7 Å². The van der Waals surface area contributed by atoms with Crippen molar-refractivity contribution in [2.45, 2.75) is 48.1 Å². The molecule has 1 aliphatic heterocycles.